The summed E-state index contributed by atoms with van der Waals surface area (Å²) in [6.07, 6.45) is 5.30. The summed E-state index contributed by atoms with van der Waals surface area (Å²) < 4.78 is 5.53. The minimum atomic E-state index is 0.0664. The van der Waals surface area contributed by atoms with Crippen LogP contribution in [0.3, 0.4) is 0 Å². The number of nitrogens with one attached hydrogen (secondary N) is 1. The number of hydrogen-bond acceptors (Lipinski definition) is 3. The van der Waals surface area contributed by atoms with Gasteiger partial charge in [0.15, 0.2) is 0 Å². The van der Waals surface area contributed by atoms with Gasteiger partial charge in [0.25, 0.3) is 5.91 Å². The maximum Gasteiger partial charge on any atom is 0.257 e. The van der Waals surface area contributed by atoms with Crippen LogP contribution in [0.5, 0.6) is 0 Å². The van der Waals surface area contributed by atoms with Gasteiger partial charge >= 0.3 is 0 Å². The topological polar surface area (TPSA) is 58.2 Å². The van der Waals surface area contributed by atoms with E-state index in [4.69, 9.17) is 4.74 Å². The molecule has 5 nitrogen and oxygen atoms in total. The van der Waals surface area contributed by atoms with Crippen LogP contribution in [0.15, 0.2) is 12.4 Å². The van der Waals surface area contributed by atoms with Gasteiger partial charge in [-0.3, -0.25) is 9.89 Å². The van der Waals surface area contributed by atoms with E-state index in [1.807, 2.05) is 4.90 Å². The standard InChI is InChI=1S/C12H19N3O2/c1-2-5-17-9-10-3-4-15(8-10)12(16)11-6-13-14-7-11/h6-7,10H,2-5,8-9H2,1H3,(H,13,14). The van der Waals surface area contributed by atoms with Crippen molar-refractivity contribution < 1.29 is 9.53 Å². The molecule has 1 aromatic heterocycles. The number of carbonyl (C=O) groups is 1. The Bertz CT molecular complexity index is 351. The van der Waals surface area contributed by atoms with Crippen LogP contribution >= 0.6 is 0 Å². The Hall–Kier alpha value is -1.36. The van der Waals surface area contributed by atoms with E-state index >= 15 is 0 Å². The lowest BCUT2D eigenvalue weighted by Gasteiger charge is -2.15. The van der Waals surface area contributed by atoms with Gasteiger partial charge in [0.2, 0.25) is 0 Å². The van der Waals surface area contributed by atoms with Gasteiger partial charge in [-0.25, -0.2) is 0 Å². The molecule has 2 rings (SSSR count). The van der Waals surface area contributed by atoms with Crippen LogP contribution in [0.4, 0.5) is 0 Å². The average Bonchev–Trinajstić information content (AvgIpc) is 3.00. The molecule has 1 amide bonds. The predicted molar refractivity (Wildman–Crippen MR) is 63.7 cm³/mol. The molecule has 0 radical (unpaired) electrons. The van der Waals surface area contributed by atoms with Crippen molar-refractivity contribution in [2.45, 2.75) is 19.8 Å². The molecule has 1 aromatic rings. The molecule has 5 heteroatoms. The molecule has 0 bridgehead atoms. The summed E-state index contributed by atoms with van der Waals surface area (Å²) in [5.41, 5.74) is 0.639. The SMILES string of the molecule is CCCOCC1CCN(C(=O)c2cn[nH]c2)C1. The molecule has 1 saturated heterocycles. The average molecular weight is 237 g/mol. The summed E-state index contributed by atoms with van der Waals surface area (Å²) in [4.78, 5) is 13.9. The fourth-order valence-corrected chi connectivity index (χ4v) is 2.10. The maximum absolute atomic E-state index is 12.0. The van der Waals surface area contributed by atoms with E-state index < -0.39 is 0 Å². The summed E-state index contributed by atoms with van der Waals surface area (Å²) in [6, 6.07) is 0. The Labute approximate surface area is 101 Å². The zero-order chi connectivity index (χ0) is 12.1. The zero-order valence-electron chi connectivity index (χ0n) is 10.2. The third-order valence-electron chi connectivity index (χ3n) is 3.02. The lowest BCUT2D eigenvalue weighted by Crippen LogP contribution is -2.29. The first-order chi connectivity index (χ1) is 8.31. The minimum Gasteiger partial charge on any atom is -0.381 e. The number of rotatable bonds is 5. The molecule has 2 heterocycles. The van der Waals surface area contributed by atoms with Crippen LogP contribution in [0, 0.1) is 5.92 Å². The van der Waals surface area contributed by atoms with Crippen LogP contribution in [0.2, 0.25) is 0 Å². The predicted octanol–water partition coefficient (Wildman–Crippen LogP) is 1.30. The molecular weight excluding hydrogens is 218 g/mol. The first-order valence-electron chi connectivity index (χ1n) is 6.17. The molecule has 1 atom stereocenters. The number of carbonyl (C=O) groups excluding carboxylic acids is 1. The second kappa shape index (κ2) is 5.82. The van der Waals surface area contributed by atoms with Gasteiger partial charge in [-0.1, -0.05) is 6.92 Å². The molecule has 0 spiro atoms. The summed E-state index contributed by atoms with van der Waals surface area (Å²) in [6.45, 7) is 5.30. The van der Waals surface area contributed by atoms with Crippen LogP contribution < -0.4 is 0 Å². The maximum atomic E-state index is 12.0. The second-order valence-corrected chi connectivity index (χ2v) is 4.47. The Morgan fingerprint density at radius 1 is 1.71 bits per heavy atom. The van der Waals surface area contributed by atoms with Crippen LogP contribution in [0.1, 0.15) is 30.1 Å². The van der Waals surface area contributed by atoms with E-state index in [9.17, 15) is 4.79 Å². The van der Waals surface area contributed by atoms with Crippen LogP contribution in [0.25, 0.3) is 0 Å². The molecule has 1 N–H and O–H groups in total. The lowest BCUT2D eigenvalue weighted by molar-refractivity contribution is 0.0754. The van der Waals surface area contributed by atoms with Crippen molar-refractivity contribution >= 4 is 5.91 Å². The van der Waals surface area contributed by atoms with Crippen molar-refractivity contribution in [2.24, 2.45) is 5.92 Å². The smallest absolute Gasteiger partial charge is 0.257 e. The van der Waals surface area contributed by atoms with Crippen molar-refractivity contribution in [3.05, 3.63) is 18.0 Å². The Morgan fingerprint density at radius 3 is 3.29 bits per heavy atom. The van der Waals surface area contributed by atoms with Gasteiger partial charge in [-0.2, -0.15) is 5.10 Å². The van der Waals surface area contributed by atoms with Gasteiger partial charge < -0.3 is 9.64 Å². The fraction of sp³-hybridized carbons (Fsp3) is 0.667. The highest BCUT2D eigenvalue weighted by atomic mass is 16.5. The molecular formula is C12H19N3O2. The summed E-state index contributed by atoms with van der Waals surface area (Å²) in [5.74, 6) is 0.550. The quantitative estimate of drug-likeness (QED) is 0.785. The number of ether oxygens (including phenoxy) is 1. The summed E-state index contributed by atoms with van der Waals surface area (Å²) in [7, 11) is 0. The second-order valence-electron chi connectivity index (χ2n) is 4.47. The molecule has 1 aliphatic rings. The van der Waals surface area contributed by atoms with Gasteiger partial charge in [0.1, 0.15) is 0 Å². The molecule has 1 unspecified atom stereocenters. The Morgan fingerprint density at radius 2 is 2.59 bits per heavy atom. The Kier molecular flexibility index (Phi) is 4.14. The number of amides is 1. The molecule has 0 aromatic carbocycles. The van der Waals surface area contributed by atoms with Crippen molar-refractivity contribution in [2.75, 3.05) is 26.3 Å². The van der Waals surface area contributed by atoms with E-state index in [-0.39, 0.29) is 5.91 Å². The number of H-pyrrole nitrogens is 1. The van der Waals surface area contributed by atoms with Gasteiger partial charge in [0, 0.05) is 31.8 Å². The van der Waals surface area contributed by atoms with E-state index in [1.165, 1.54) is 0 Å². The highest BCUT2D eigenvalue weighted by Crippen LogP contribution is 2.18. The molecule has 1 fully saturated rings. The first kappa shape index (κ1) is 12.1. The monoisotopic (exact) mass is 237 g/mol. The number of aromatic nitrogens is 2. The van der Waals surface area contributed by atoms with Crippen molar-refractivity contribution in [3.8, 4) is 0 Å². The minimum absolute atomic E-state index is 0.0664. The molecule has 0 saturated carbocycles. The molecule has 17 heavy (non-hydrogen) atoms. The van der Waals surface area contributed by atoms with E-state index in [1.54, 1.807) is 12.4 Å². The first-order valence-corrected chi connectivity index (χ1v) is 6.17. The summed E-state index contributed by atoms with van der Waals surface area (Å²) >= 11 is 0. The molecule has 0 aliphatic carbocycles. The molecule has 94 valence electrons. The van der Waals surface area contributed by atoms with E-state index in [0.29, 0.717) is 11.5 Å². The largest absolute Gasteiger partial charge is 0.381 e. The zero-order valence-corrected chi connectivity index (χ0v) is 10.2. The molecule has 1 aliphatic heterocycles. The fourth-order valence-electron chi connectivity index (χ4n) is 2.10. The van der Waals surface area contributed by atoms with E-state index in [0.717, 1.165) is 39.1 Å². The van der Waals surface area contributed by atoms with Crippen molar-refractivity contribution in [3.63, 3.8) is 0 Å². The highest BCUT2D eigenvalue weighted by molar-refractivity contribution is 5.93. The normalized spacial score (nSPS) is 19.8. The number of hydrogen-bond donors (Lipinski definition) is 1. The van der Waals surface area contributed by atoms with Crippen molar-refractivity contribution in [1.82, 2.24) is 15.1 Å². The number of likely N-dealkylation sites (tertiary alicyclic amines) is 1. The van der Waals surface area contributed by atoms with Crippen molar-refractivity contribution in [1.29, 1.82) is 0 Å². The van der Waals surface area contributed by atoms with E-state index in [2.05, 4.69) is 17.1 Å². The third-order valence-corrected chi connectivity index (χ3v) is 3.02. The number of aromatic amines is 1. The van der Waals surface area contributed by atoms with Gasteiger partial charge in [-0.15, -0.1) is 0 Å². The Balaban J connectivity index is 1.79. The van der Waals surface area contributed by atoms with Gasteiger partial charge in [-0.05, 0) is 12.8 Å². The highest BCUT2D eigenvalue weighted by Gasteiger charge is 2.27. The van der Waals surface area contributed by atoms with Crippen LogP contribution in [-0.4, -0.2) is 47.3 Å². The number of nitrogens with zero attached hydrogens (tertiary/aromatic N) is 2. The summed E-state index contributed by atoms with van der Waals surface area (Å²) in [5, 5.41) is 6.46. The van der Waals surface area contributed by atoms with Crippen LogP contribution in [-0.2, 0) is 4.74 Å². The lowest BCUT2D eigenvalue weighted by atomic mass is 10.1. The third kappa shape index (κ3) is 3.06. The van der Waals surface area contributed by atoms with Gasteiger partial charge in [0.05, 0.1) is 18.4 Å².